The van der Waals surface area contributed by atoms with E-state index in [1.165, 1.54) is 11.1 Å². The number of rotatable bonds is 4. The lowest BCUT2D eigenvalue weighted by Crippen LogP contribution is -2.20. The van der Waals surface area contributed by atoms with E-state index in [1.54, 1.807) is 0 Å². The van der Waals surface area contributed by atoms with Crippen LogP contribution in [0, 0.1) is 6.92 Å². The molecule has 0 atom stereocenters. The third-order valence-corrected chi connectivity index (χ3v) is 3.07. The van der Waals surface area contributed by atoms with Crippen LogP contribution < -0.4 is 5.73 Å². The molecule has 2 N–H and O–H groups in total. The topological polar surface area (TPSA) is 47.1 Å². The number of benzene rings is 1. The second-order valence-electron chi connectivity index (χ2n) is 4.83. The van der Waals surface area contributed by atoms with Gasteiger partial charge in [-0.1, -0.05) is 17.7 Å². The van der Waals surface area contributed by atoms with Crippen LogP contribution in [0.4, 0.5) is 5.69 Å². The summed E-state index contributed by atoms with van der Waals surface area (Å²) in [4.78, 5) is 6.54. The molecule has 0 aliphatic rings. The van der Waals surface area contributed by atoms with Crippen molar-refractivity contribution in [2.45, 2.75) is 20.0 Å². The van der Waals surface area contributed by atoms with Gasteiger partial charge in [0.05, 0.1) is 6.54 Å². The first kappa shape index (κ1) is 12.6. The van der Waals surface area contributed by atoms with Crippen molar-refractivity contribution in [3.63, 3.8) is 0 Å². The molecule has 4 nitrogen and oxygen atoms in total. The predicted octanol–water partition coefficient (Wildman–Crippen LogP) is 1.94. The van der Waals surface area contributed by atoms with E-state index in [2.05, 4.69) is 29.9 Å². The number of aryl methyl sites for hydroxylation is 2. The van der Waals surface area contributed by atoms with Gasteiger partial charge in [-0.25, -0.2) is 4.98 Å². The second-order valence-corrected chi connectivity index (χ2v) is 4.83. The number of nitrogen functional groups attached to an aromatic ring is 1. The number of imidazole rings is 1. The number of aromatic nitrogens is 2. The number of nitrogens with two attached hydrogens (primary N) is 1. The maximum absolute atomic E-state index is 5.99. The van der Waals surface area contributed by atoms with Crippen molar-refractivity contribution < 1.29 is 0 Å². The van der Waals surface area contributed by atoms with E-state index in [1.807, 2.05) is 36.1 Å². The van der Waals surface area contributed by atoms with Crippen molar-refractivity contribution in [1.29, 1.82) is 0 Å². The van der Waals surface area contributed by atoms with Crippen molar-refractivity contribution in [3.8, 4) is 0 Å². The standard InChI is InChI=1S/C14H20N4/c1-11-4-5-13(15)12(8-11)9-17(2)10-14-16-6-7-18(14)3/h4-8H,9-10,15H2,1-3H3. The maximum Gasteiger partial charge on any atom is 0.122 e. The van der Waals surface area contributed by atoms with E-state index in [0.29, 0.717) is 0 Å². The van der Waals surface area contributed by atoms with Gasteiger partial charge >= 0.3 is 0 Å². The Kier molecular flexibility index (Phi) is 3.67. The van der Waals surface area contributed by atoms with Gasteiger partial charge in [0.25, 0.3) is 0 Å². The summed E-state index contributed by atoms with van der Waals surface area (Å²) in [5.41, 5.74) is 9.26. The van der Waals surface area contributed by atoms with Crippen LogP contribution in [-0.4, -0.2) is 21.5 Å². The summed E-state index contributed by atoms with van der Waals surface area (Å²) in [5, 5.41) is 0. The zero-order valence-corrected chi connectivity index (χ0v) is 11.2. The minimum absolute atomic E-state index is 0.816. The average molecular weight is 244 g/mol. The Hall–Kier alpha value is -1.81. The molecule has 4 heteroatoms. The molecule has 1 aromatic carbocycles. The SMILES string of the molecule is Cc1ccc(N)c(CN(C)Cc2nccn2C)c1. The molecular formula is C14H20N4. The second kappa shape index (κ2) is 5.23. The fourth-order valence-electron chi connectivity index (χ4n) is 2.01. The van der Waals surface area contributed by atoms with Crippen molar-refractivity contribution in [2.75, 3.05) is 12.8 Å². The van der Waals surface area contributed by atoms with E-state index in [4.69, 9.17) is 5.73 Å². The fourth-order valence-corrected chi connectivity index (χ4v) is 2.01. The van der Waals surface area contributed by atoms with Gasteiger partial charge in [0, 0.05) is 31.7 Å². The van der Waals surface area contributed by atoms with Crippen molar-refractivity contribution >= 4 is 5.69 Å². The zero-order valence-electron chi connectivity index (χ0n) is 11.2. The van der Waals surface area contributed by atoms with E-state index in [-0.39, 0.29) is 0 Å². The normalized spacial score (nSPS) is 11.1. The minimum Gasteiger partial charge on any atom is -0.398 e. The third kappa shape index (κ3) is 2.90. The summed E-state index contributed by atoms with van der Waals surface area (Å²) in [6, 6.07) is 6.15. The molecule has 0 saturated carbocycles. The average Bonchev–Trinajstić information content (AvgIpc) is 2.70. The van der Waals surface area contributed by atoms with Crippen molar-refractivity contribution in [3.05, 3.63) is 47.5 Å². The van der Waals surface area contributed by atoms with Gasteiger partial charge in [-0.3, -0.25) is 4.90 Å². The number of anilines is 1. The number of hydrogen-bond acceptors (Lipinski definition) is 3. The lowest BCUT2D eigenvalue weighted by atomic mass is 10.1. The Morgan fingerprint density at radius 3 is 2.78 bits per heavy atom. The van der Waals surface area contributed by atoms with Gasteiger partial charge in [-0.15, -0.1) is 0 Å². The highest BCUT2D eigenvalue weighted by Gasteiger charge is 2.07. The molecule has 1 aromatic heterocycles. The summed E-state index contributed by atoms with van der Waals surface area (Å²) in [6.45, 7) is 3.74. The van der Waals surface area contributed by atoms with E-state index < -0.39 is 0 Å². The Bertz CT molecular complexity index is 530. The summed E-state index contributed by atoms with van der Waals surface area (Å²) in [7, 11) is 4.09. The molecule has 0 saturated heterocycles. The van der Waals surface area contributed by atoms with E-state index >= 15 is 0 Å². The Morgan fingerprint density at radius 2 is 2.11 bits per heavy atom. The van der Waals surface area contributed by atoms with Crippen LogP contribution in [0.5, 0.6) is 0 Å². The third-order valence-electron chi connectivity index (χ3n) is 3.07. The van der Waals surface area contributed by atoms with Crippen LogP contribution in [0.15, 0.2) is 30.6 Å². The van der Waals surface area contributed by atoms with Gasteiger partial charge in [0.15, 0.2) is 0 Å². The van der Waals surface area contributed by atoms with Crippen LogP contribution in [0.25, 0.3) is 0 Å². The van der Waals surface area contributed by atoms with Crippen LogP contribution in [-0.2, 0) is 20.1 Å². The fraction of sp³-hybridized carbons (Fsp3) is 0.357. The van der Waals surface area contributed by atoms with Gasteiger partial charge < -0.3 is 10.3 Å². The van der Waals surface area contributed by atoms with Gasteiger partial charge in [-0.05, 0) is 25.6 Å². The summed E-state index contributed by atoms with van der Waals surface area (Å²) in [5.74, 6) is 1.06. The summed E-state index contributed by atoms with van der Waals surface area (Å²) >= 11 is 0. The largest absolute Gasteiger partial charge is 0.398 e. The molecule has 18 heavy (non-hydrogen) atoms. The Labute approximate surface area is 108 Å². The molecule has 0 unspecified atom stereocenters. The first-order valence-corrected chi connectivity index (χ1v) is 6.06. The molecule has 1 heterocycles. The molecule has 0 amide bonds. The first-order valence-electron chi connectivity index (χ1n) is 6.06. The molecule has 2 aromatic rings. The number of nitrogens with zero attached hydrogens (tertiary/aromatic N) is 3. The quantitative estimate of drug-likeness (QED) is 0.836. The molecule has 0 radical (unpaired) electrons. The zero-order chi connectivity index (χ0) is 13.1. The van der Waals surface area contributed by atoms with Gasteiger partial charge in [0.2, 0.25) is 0 Å². The lowest BCUT2D eigenvalue weighted by Gasteiger charge is -2.18. The van der Waals surface area contributed by atoms with Gasteiger partial charge in [0.1, 0.15) is 5.82 Å². The molecule has 0 bridgehead atoms. The van der Waals surface area contributed by atoms with Crippen LogP contribution >= 0.6 is 0 Å². The molecule has 0 fully saturated rings. The first-order chi connectivity index (χ1) is 8.56. The Morgan fingerprint density at radius 1 is 1.33 bits per heavy atom. The van der Waals surface area contributed by atoms with E-state index in [0.717, 1.165) is 24.6 Å². The van der Waals surface area contributed by atoms with Crippen molar-refractivity contribution in [2.24, 2.45) is 7.05 Å². The number of hydrogen-bond donors (Lipinski definition) is 1. The molecule has 0 aliphatic heterocycles. The monoisotopic (exact) mass is 244 g/mol. The highest BCUT2D eigenvalue weighted by atomic mass is 15.1. The molecule has 0 spiro atoms. The van der Waals surface area contributed by atoms with Crippen LogP contribution in [0.2, 0.25) is 0 Å². The predicted molar refractivity (Wildman–Crippen MR) is 74.0 cm³/mol. The van der Waals surface area contributed by atoms with Crippen LogP contribution in [0.1, 0.15) is 17.0 Å². The maximum atomic E-state index is 5.99. The smallest absolute Gasteiger partial charge is 0.122 e. The van der Waals surface area contributed by atoms with Crippen LogP contribution in [0.3, 0.4) is 0 Å². The Balaban J connectivity index is 2.05. The highest BCUT2D eigenvalue weighted by molar-refractivity contribution is 5.48. The van der Waals surface area contributed by atoms with Gasteiger partial charge in [-0.2, -0.15) is 0 Å². The molecule has 2 rings (SSSR count). The summed E-state index contributed by atoms with van der Waals surface area (Å²) in [6.07, 6.45) is 3.79. The van der Waals surface area contributed by atoms with E-state index in [9.17, 15) is 0 Å². The molecular weight excluding hydrogens is 224 g/mol. The minimum atomic E-state index is 0.816. The summed E-state index contributed by atoms with van der Waals surface area (Å²) < 4.78 is 2.04. The molecule has 0 aliphatic carbocycles. The van der Waals surface area contributed by atoms with Crippen molar-refractivity contribution in [1.82, 2.24) is 14.5 Å². The lowest BCUT2D eigenvalue weighted by molar-refractivity contribution is 0.307. The molecule has 96 valence electrons. The highest BCUT2D eigenvalue weighted by Crippen LogP contribution is 2.16.